The molecule has 0 aliphatic carbocycles. The van der Waals surface area contributed by atoms with Gasteiger partial charge in [0.05, 0.1) is 0 Å². The minimum Gasteiger partial charge on any atom is -0.473 e. The predicted octanol–water partition coefficient (Wildman–Crippen LogP) is 2.56. The van der Waals surface area contributed by atoms with Crippen molar-refractivity contribution in [3.63, 3.8) is 0 Å². The van der Waals surface area contributed by atoms with E-state index in [9.17, 15) is 8.78 Å². The zero-order chi connectivity index (χ0) is 18.7. The summed E-state index contributed by atoms with van der Waals surface area (Å²) in [5, 5.41) is 3.54. The van der Waals surface area contributed by atoms with Crippen molar-refractivity contribution in [2.24, 2.45) is 5.84 Å². The second-order valence-corrected chi connectivity index (χ2v) is 4.69. The molecule has 7 nitrogen and oxygen atoms in total. The summed E-state index contributed by atoms with van der Waals surface area (Å²) in [6, 6.07) is 9.81. The number of carbonyl (C=O) groups is 1. The number of hydrogen-bond acceptors (Lipinski definition) is 6. The zero-order valence-electron chi connectivity index (χ0n) is 13.2. The summed E-state index contributed by atoms with van der Waals surface area (Å²) in [6.45, 7) is -2.77. The molecule has 1 aromatic carbocycles. The van der Waals surface area contributed by atoms with Crippen LogP contribution in [0.5, 0.6) is 11.8 Å². The maximum absolute atomic E-state index is 12.1. The topological polar surface area (TPSA) is 98.5 Å². The number of aromatic nitrogens is 1. The fourth-order valence-corrected chi connectivity index (χ4v) is 1.95. The van der Waals surface area contributed by atoms with Gasteiger partial charge in [0.25, 0.3) is 0 Å². The molecule has 136 valence electrons. The fourth-order valence-electron chi connectivity index (χ4n) is 1.72. The van der Waals surface area contributed by atoms with Crippen LogP contribution in [0.4, 0.5) is 14.5 Å². The van der Waals surface area contributed by atoms with Gasteiger partial charge < -0.3 is 14.8 Å². The molecule has 0 saturated heterocycles. The zero-order valence-corrected chi connectivity index (χ0v) is 14.0. The van der Waals surface area contributed by atoms with Crippen molar-refractivity contribution < 1.29 is 23.0 Å². The summed E-state index contributed by atoms with van der Waals surface area (Å²) in [4.78, 5) is 12.8. The number of benzene rings is 1. The Hall–Kier alpha value is -2.65. The third kappa shape index (κ3) is 7.19. The van der Waals surface area contributed by atoms with Crippen molar-refractivity contribution in [1.82, 2.24) is 10.4 Å². The van der Waals surface area contributed by atoms with Crippen molar-refractivity contribution >= 4 is 23.7 Å². The molecule has 0 unspecified atom stereocenters. The minimum atomic E-state index is -2.92. The van der Waals surface area contributed by atoms with Crippen molar-refractivity contribution in [2.75, 3.05) is 12.4 Å². The van der Waals surface area contributed by atoms with Crippen LogP contribution in [-0.4, -0.2) is 25.1 Å². The molecule has 0 radical (unpaired) electrons. The number of hydrogen-bond donors (Lipinski definition) is 3. The Morgan fingerprint density at radius 3 is 2.52 bits per heavy atom. The summed E-state index contributed by atoms with van der Waals surface area (Å²) < 4.78 is 33.9. The first kappa shape index (κ1) is 20.4. The fraction of sp³-hybridized carbons (Fsp3) is 0.200. The lowest BCUT2D eigenvalue weighted by Gasteiger charge is -2.12. The van der Waals surface area contributed by atoms with Crippen LogP contribution in [-0.2, 0) is 11.4 Å². The number of anilines is 1. The molecule has 0 atom stereocenters. The first-order valence-electron chi connectivity index (χ1n) is 6.91. The molecule has 0 fully saturated rings. The average molecular weight is 375 g/mol. The van der Waals surface area contributed by atoms with E-state index < -0.39 is 6.61 Å². The van der Waals surface area contributed by atoms with Crippen molar-refractivity contribution in [2.45, 2.75) is 13.2 Å². The highest BCUT2D eigenvalue weighted by Crippen LogP contribution is 2.26. The number of rotatable bonds is 7. The maximum atomic E-state index is 12.1. The van der Waals surface area contributed by atoms with E-state index in [0.717, 1.165) is 11.3 Å². The monoisotopic (exact) mass is 374 g/mol. The third-order valence-electron chi connectivity index (χ3n) is 2.73. The number of carbonyl (C=O) groups excluding carboxylic acids is 1. The Kier molecular flexibility index (Phi) is 8.97. The number of hydrazine groups is 1. The summed E-state index contributed by atoms with van der Waals surface area (Å²) in [5.74, 6) is 4.39. The van der Waals surface area contributed by atoms with Gasteiger partial charge in [0, 0.05) is 35.5 Å². The molecular weight excluding hydrogens is 358 g/mol. The van der Waals surface area contributed by atoms with Crippen LogP contribution in [0, 0.1) is 0 Å². The van der Waals surface area contributed by atoms with Crippen molar-refractivity contribution in [1.29, 1.82) is 0 Å². The van der Waals surface area contributed by atoms with Crippen molar-refractivity contribution in [3.05, 3.63) is 47.0 Å². The third-order valence-corrected chi connectivity index (χ3v) is 3.08. The summed E-state index contributed by atoms with van der Waals surface area (Å²) in [5.41, 5.74) is 3.33. The standard InChI is InChI=1S/C14H13ClF2N2O2.CH4N2O/c1-18-11-5-2-4-10(15)9(11)8-20-12-6-3-7-13(19-12)21-14(16)17;2-3-1-4/h2-7,14,18H,8H2,1H3;1H,2H2,(H,3,4). The van der Waals surface area contributed by atoms with Crippen LogP contribution in [0.2, 0.25) is 5.02 Å². The first-order valence-corrected chi connectivity index (χ1v) is 7.29. The number of nitrogens with two attached hydrogens (primary N) is 1. The molecule has 2 rings (SSSR count). The molecule has 0 aliphatic rings. The highest BCUT2D eigenvalue weighted by molar-refractivity contribution is 6.31. The molecule has 1 heterocycles. The molecule has 1 amide bonds. The Morgan fingerprint density at radius 2 is 1.92 bits per heavy atom. The van der Waals surface area contributed by atoms with Gasteiger partial charge in [-0.25, -0.2) is 5.84 Å². The van der Waals surface area contributed by atoms with E-state index in [1.54, 1.807) is 24.6 Å². The van der Waals surface area contributed by atoms with Gasteiger partial charge in [-0.2, -0.15) is 13.8 Å². The molecule has 0 spiro atoms. The number of amides is 1. The smallest absolute Gasteiger partial charge is 0.388 e. The first-order chi connectivity index (χ1) is 12.0. The number of nitrogens with one attached hydrogen (secondary N) is 2. The quantitative estimate of drug-likeness (QED) is 0.298. The van der Waals surface area contributed by atoms with E-state index in [1.165, 1.54) is 12.1 Å². The van der Waals surface area contributed by atoms with Gasteiger partial charge in [0.2, 0.25) is 18.2 Å². The van der Waals surface area contributed by atoms with Gasteiger partial charge in [0.1, 0.15) is 6.61 Å². The molecule has 25 heavy (non-hydrogen) atoms. The molecule has 4 N–H and O–H groups in total. The van der Waals surface area contributed by atoms with Crippen LogP contribution in [0.1, 0.15) is 5.56 Å². The Balaban J connectivity index is 0.000000705. The van der Waals surface area contributed by atoms with Crippen molar-refractivity contribution in [3.8, 4) is 11.8 Å². The van der Waals surface area contributed by atoms with Crippen LogP contribution >= 0.6 is 11.6 Å². The number of pyridine rings is 1. The van der Waals surface area contributed by atoms with Gasteiger partial charge in [-0.3, -0.25) is 10.2 Å². The van der Waals surface area contributed by atoms with E-state index in [-0.39, 0.29) is 18.4 Å². The van der Waals surface area contributed by atoms with Crippen LogP contribution in [0.25, 0.3) is 0 Å². The number of halogens is 3. The van der Waals surface area contributed by atoms with Gasteiger partial charge >= 0.3 is 6.61 Å². The molecule has 0 bridgehead atoms. The SMILES string of the molecule is CNc1cccc(Cl)c1COc1cccc(OC(F)F)n1.NNC=O. The average Bonchev–Trinajstić information content (AvgIpc) is 2.60. The largest absolute Gasteiger partial charge is 0.473 e. The van der Waals surface area contributed by atoms with E-state index in [0.29, 0.717) is 11.4 Å². The highest BCUT2D eigenvalue weighted by atomic mass is 35.5. The lowest BCUT2D eigenvalue weighted by Crippen LogP contribution is -2.18. The second kappa shape index (κ2) is 11.0. The van der Waals surface area contributed by atoms with Crippen LogP contribution in [0.3, 0.4) is 0 Å². The number of alkyl halides is 2. The number of nitrogens with zero attached hydrogens (tertiary/aromatic N) is 1. The normalized spacial score (nSPS) is 9.68. The molecule has 0 aliphatic heterocycles. The van der Waals surface area contributed by atoms with Crippen LogP contribution in [0.15, 0.2) is 36.4 Å². The van der Waals surface area contributed by atoms with Gasteiger partial charge in [-0.05, 0) is 12.1 Å². The predicted molar refractivity (Wildman–Crippen MR) is 89.6 cm³/mol. The van der Waals surface area contributed by atoms with Gasteiger partial charge in [0.15, 0.2) is 0 Å². The highest BCUT2D eigenvalue weighted by Gasteiger charge is 2.09. The minimum absolute atomic E-state index is 0.154. The lowest BCUT2D eigenvalue weighted by molar-refractivity contribution is -0.109. The molecule has 1 aromatic heterocycles. The molecule has 10 heteroatoms. The molecular formula is C15H17ClF2N4O3. The Bertz CT molecular complexity index is 677. The van der Waals surface area contributed by atoms with E-state index in [4.69, 9.17) is 21.1 Å². The molecule has 0 saturated carbocycles. The Morgan fingerprint density at radius 1 is 1.28 bits per heavy atom. The Labute approximate surface area is 148 Å². The second-order valence-electron chi connectivity index (χ2n) is 4.28. The van der Waals surface area contributed by atoms with Gasteiger partial charge in [-0.1, -0.05) is 23.7 Å². The lowest BCUT2D eigenvalue weighted by atomic mass is 10.2. The van der Waals surface area contributed by atoms with E-state index in [1.807, 2.05) is 12.1 Å². The van der Waals surface area contributed by atoms with E-state index >= 15 is 0 Å². The summed E-state index contributed by atoms with van der Waals surface area (Å²) in [6.07, 6.45) is 0.403. The molecule has 2 aromatic rings. The van der Waals surface area contributed by atoms with E-state index in [2.05, 4.69) is 20.9 Å². The summed E-state index contributed by atoms with van der Waals surface area (Å²) in [7, 11) is 1.77. The van der Waals surface area contributed by atoms with Gasteiger partial charge in [-0.15, -0.1) is 0 Å². The maximum Gasteiger partial charge on any atom is 0.388 e. The summed E-state index contributed by atoms with van der Waals surface area (Å²) >= 11 is 6.11. The van der Waals surface area contributed by atoms with Crippen LogP contribution < -0.4 is 26.1 Å². The number of ether oxygens (including phenoxy) is 2.